The Morgan fingerprint density at radius 3 is 2.50 bits per heavy atom. The molecule has 2 amide bonds. The van der Waals surface area contributed by atoms with E-state index in [1.165, 1.54) is 19.3 Å². The Morgan fingerprint density at radius 2 is 1.83 bits per heavy atom. The van der Waals surface area contributed by atoms with Crippen LogP contribution in [0.15, 0.2) is 0 Å². The van der Waals surface area contributed by atoms with Gasteiger partial charge in [0.25, 0.3) is 0 Å². The fraction of sp³-hybridized carbons (Fsp3) is 0.714. The molecule has 1 saturated heterocycles. The Balaban J connectivity index is 1.98. The second kappa shape index (κ2) is 5.90. The summed E-state index contributed by atoms with van der Waals surface area (Å²) in [5, 5.41) is 0. The van der Waals surface area contributed by atoms with E-state index < -0.39 is 0 Å². The average molecular weight is 248 g/mol. The van der Waals surface area contributed by atoms with Crippen molar-refractivity contribution in [1.29, 1.82) is 0 Å². The Bertz CT molecular complexity index is 388. The van der Waals surface area contributed by atoms with Crippen LogP contribution in [0.25, 0.3) is 0 Å². The predicted molar refractivity (Wildman–Crippen MR) is 68.6 cm³/mol. The van der Waals surface area contributed by atoms with Crippen molar-refractivity contribution in [3.8, 4) is 11.8 Å². The van der Waals surface area contributed by atoms with Crippen molar-refractivity contribution >= 4 is 11.8 Å². The number of amides is 2. The lowest BCUT2D eigenvalue weighted by Crippen LogP contribution is -2.57. The Hall–Kier alpha value is -1.50. The number of rotatable bonds is 2. The van der Waals surface area contributed by atoms with Gasteiger partial charge >= 0.3 is 11.8 Å². The summed E-state index contributed by atoms with van der Waals surface area (Å²) in [4.78, 5) is 27.4. The van der Waals surface area contributed by atoms with Crippen LogP contribution in [-0.2, 0) is 9.59 Å². The van der Waals surface area contributed by atoms with E-state index in [1.54, 1.807) is 16.7 Å². The van der Waals surface area contributed by atoms with Gasteiger partial charge in [0.05, 0.1) is 6.54 Å². The fourth-order valence-electron chi connectivity index (χ4n) is 2.76. The molecule has 0 radical (unpaired) electrons. The third-order valence-corrected chi connectivity index (χ3v) is 3.80. The molecule has 0 aromatic carbocycles. The van der Waals surface area contributed by atoms with Crippen molar-refractivity contribution < 1.29 is 9.59 Å². The molecule has 2 fully saturated rings. The Labute approximate surface area is 108 Å². The van der Waals surface area contributed by atoms with Gasteiger partial charge in [0, 0.05) is 19.1 Å². The smallest absolute Gasteiger partial charge is 0.312 e. The number of piperazine rings is 1. The third-order valence-electron chi connectivity index (χ3n) is 3.80. The van der Waals surface area contributed by atoms with Crippen LogP contribution in [0.1, 0.15) is 39.0 Å². The number of carbonyl (C=O) groups is 2. The molecule has 0 bridgehead atoms. The lowest BCUT2D eigenvalue weighted by Gasteiger charge is -2.39. The van der Waals surface area contributed by atoms with Crippen LogP contribution in [-0.4, -0.2) is 47.3 Å². The first-order valence-corrected chi connectivity index (χ1v) is 6.73. The summed E-state index contributed by atoms with van der Waals surface area (Å²) in [7, 11) is 0. The van der Waals surface area contributed by atoms with Crippen molar-refractivity contribution in [3.05, 3.63) is 0 Å². The molecule has 0 spiro atoms. The summed E-state index contributed by atoms with van der Waals surface area (Å²) >= 11 is 0. The molecule has 1 saturated carbocycles. The van der Waals surface area contributed by atoms with Crippen LogP contribution in [0.4, 0.5) is 0 Å². The SMILES string of the molecule is CC#CCN1CCN(C2CCCCC2)C(=O)C1=O. The molecular formula is C14H20N2O2. The van der Waals surface area contributed by atoms with E-state index in [2.05, 4.69) is 11.8 Å². The zero-order valence-corrected chi connectivity index (χ0v) is 10.9. The van der Waals surface area contributed by atoms with Crippen LogP contribution in [0.2, 0.25) is 0 Å². The molecule has 1 heterocycles. The van der Waals surface area contributed by atoms with Crippen LogP contribution < -0.4 is 0 Å². The monoisotopic (exact) mass is 248 g/mol. The zero-order chi connectivity index (χ0) is 13.0. The molecule has 1 aliphatic carbocycles. The van der Waals surface area contributed by atoms with E-state index in [9.17, 15) is 9.59 Å². The van der Waals surface area contributed by atoms with E-state index in [1.807, 2.05) is 0 Å². The molecule has 1 aliphatic heterocycles. The normalized spacial score (nSPS) is 21.8. The highest BCUT2D eigenvalue weighted by Crippen LogP contribution is 2.24. The average Bonchev–Trinajstić information content (AvgIpc) is 2.41. The van der Waals surface area contributed by atoms with Gasteiger partial charge in [0.2, 0.25) is 0 Å². The molecule has 2 aliphatic rings. The quantitative estimate of drug-likeness (QED) is 0.540. The molecule has 0 atom stereocenters. The number of hydrogen-bond acceptors (Lipinski definition) is 2. The van der Waals surface area contributed by atoms with E-state index >= 15 is 0 Å². The second-order valence-electron chi connectivity index (χ2n) is 4.94. The van der Waals surface area contributed by atoms with Crippen LogP contribution in [0.5, 0.6) is 0 Å². The van der Waals surface area contributed by atoms with Gasteiger partial charge in [-0.05, 0) is 19.8 Å². The molecule has 4 heteroatoms. The molecule has 0 N–H and O–H groups in total. The summed E-state index contributed by atoms with van der Waals surface area (Å²) in [6.45, 7) is 3.40. The van der Waals surface area contributed by atoms with Gasteiger partial charge in [-0.25, -0.2) is 0 Å². The molecule has 0 aromatic heterocycles. The van der Waals surface area contributed by atoms with Crippen molar-refractivity contribution in [1.82, 2.24) is 9.80 Å². The maximum Gasteiger partial charge on any atom is 0.312 e. The standard InChI is InChI=1S/C14H20N2O2/c1-2-3-9-15-10-11-16(14(18)13(15)17)12-7-5-4-6-8-12/h12H,4-11H2,1H3. The second-order valence-corrected chi connectivity index (χ2v) is 4.94. The highest BCUT2D eigenvalue weighted by atomic mass is 16.2. The minimum absolute atomic E-state index is 0.287. The fourth-order valence-corrected chi connectivity index (χ4v) is 2.76. The molecule has 4 nitrogen and oxygen atoms in total. The maximum absolute atomic E-state index is 12.1. The minimum atomic E-state index is -0.380. The van der Waals surface area contributed by atoms with Gasteiger partial charge in [-0.3, -0.25) is 9.59 Å². The van der Waals surface area contributed by atoms with Crippen LogP contribution in [0.3, 0.4) is 0 Å². The largest absolute Gasteiger partial charge is 0.330 e. The van der Waals surface area contributed by atoms with E-state index in [0.717, 1.165) is 12.8 Å². The van der Waals surface area contributed by atoms with Gasteiger partial charge in [-0.1, -0.05) is 25.2 Å². The summed E-state index contributed by atoms with van der Waals surface area (Å²) in [5.41, 5.74) is 0. The molecule has 18 heavy (non-hydrogen) atoms. The van der Waals surface area contributed by atoms with E-state index in [4.69, 9.17) is 0 Å². The van der Waals surface area contributed by atoms with Crippen molar-refractivity contribution in [2.75, 3.05) is 19.6 Å². The molecule has 2 rings (SSSR count). The Kier molecular flexibility index (Phi) is 4.24. The minimum Gasteiger partial charge on any atom is -0.330 e. The van der Waals surface area contributed by atoms with Crippen molar-refractivity contribution in [2.24, 2.45) is 0 Å². The number of carbonyl (C=O) groups excluding carboxylic acids is 2. The topological polar surface area (TPSA) is 40.6 Å². The van der Waals surface area contributed by atoms with E-state index in [0.29, 0.717) is 19.6 Å². The molecular weight excluding hydrogens is 228 g/mol. The third kappa shape index (κ3) is 2.66. The van der Waals surface area contributed by atoms with Crippen molar-refractivity contribution in [2.45, 2.75) is 45.1 Å². The highest BCUT2D eigenvalue weighted by molar-refractivity contribution is 6.35. The van der Waals surface area contributed by atoms with Gasteiger partial charge in [0.1, 0.15) is 0 Å². The lowest BCUT2D eigenvalue weighted by atomic mass is 9.93. The zero-order valence-electron chi connectivity index (χ0n) is 10.9. The highest BCUT2D eigenvalue weighted by Gasteiger charge is 2.36. The number of nitrogens with zero attached hydrogens (tertiary/aromatic N) is 2. The van der Waals surface area contributed by atoms with Crippen molar-refractivity contribution in [3.63, 3.8) is 0 Å². The van der Waals surface area contributed by atoms with Gasteiger partial charge in [-0.15, -0.1) is 5.92 Å². The van der Waals surface area contributed by atoms with Crippen LogP contribution >= 0.6 is 0 Å². The first kappa shape index (κ1) is 12.9. The van der Waals surface area contributed by atoms with Gasteiger partial charge in [0.15, 0.2) is 0 Å². The summed E-state index contributed by atoms with van der Waals surface area (Å²) in [5.74, 6) is 4.90. The molecule has 0 unspecified atom stereocenters. The predicted octanol–water partition coefficient (Wildman–Crippen LogP) is 1.01. The summed E-state index contributed by atoms with van der Waals surface area (Å²) in [6, 6.07) is 0.287. The summed E-state index contributed by atoms with van der Waals surface area (Å²) < 4.78 is 0. The first-order chi connectivity index (χ1) is 8.74. The Morgan fingerprint density at radius 1 is 1.11 bits per heavy atom. The molecule has 98 valence electrons. The number of hydrogen-bond donors (Lipinski definition) is 0. The first-order valence-electron chi connectivity index (χ1n) is 6.73. The van der Waals surface area contributed by atoms with Gasteiger partial charge in [-0.2, -0.15) is 0 Å². The van der Waals surface area contributed by atoms with E-state index in [-0.39, 0.29) is 17.9 Å². The molecule has 0 aromatic rings. The summed E-state index contributed by atoms with van der Waals surface area (Å²) in [6.07, 6.45) is 5.70. The van der Waals surface area contributed by atoms with Crippen LogP contribution in [0, 0.1) is 11.8 Å². The lowest BCUT2D eigenvalue weighted by molar-refractivity contribution is -0.157. The maximum atomic E-state index is 12.1. The van der Waals surface area contributed by atoms with Gasteiger partial charge < -0.3 is 9.80 Å².